The highest BCUT2D eigenvalue weighted by Gasteiger charge is 2.22. The van der Waals surface area contributed by atoms with Crippen LogP contribution in [-0.4, -0.2) is 28.3 Å². The lowest BCUT2D eigenvalue weighted by Crippen LogP contribution is -2.43. The summed E-state index contributed by atoms with van der Waals surface area (Å²) in [5.41, 5.74) is -0.234. The van der Waals surface area contributed by atoms with Crippen LogP contribution in [0.25, 0.3) is 0 Å². The van der Waals surface area contributed by atoms with Gasteiger partial charge in [-0.15, -0.1) is 0 Å². The minimum atomic E-state index is -0.838. The number of carbonyl (C=O) groups is 1. The van der Waals surface area contributed by atoms with Gasteiger partial charge in [0.2, 0.25) is 0 Å². The van der Waals surface area contributed by atoms with Crippen LogP contribution in [0.1, 0.15) is 26.7 Å². The fourth-order valence-corrected chi connectivity index (χ4v) is 1.60. The zero-order valence-corrected chi connectivity index (χ0v) is 12.1. The van der Waals surface area contributed by atoms with Crippen molar-refractivity contribution in [3.05, 3.63) is 22.9 Å². The van der Waals surface area contributed by atoms with Crippen LogP contribution in [0.3, 0.4) is 0 Å². The van der Waals surface area contributed by atoms with Crippen LogP contribution in [0.4, 0.5) is 10.5 Å². The van der Waals surface area contributed by atoms with Crippen LogP contribution in [0, 0.1) is 0 Å². The SMILES string of the molecule is CCC(O)(CC)CNC(=O)Nc1ccc(Br)nc1. The smallest absolute Gasteiger partial charge is 0.319 e. The molecule has 0 bridgehead atoms. The van der Waals surface area contributed by atoms with Crippen LogP contribution < -0.4 is 10.6 Å². The highest BCUT2D eigenvalue weighted by atomic mass is 79.9. The summed E-state index contributed by atoms with van der Waals surface area (Å²) in [5.74, 6) is 0. The van der Waals surface area contributed by atoms with Crippen LogP contribution in [0.5, 0.6) is 0 Å². The molecule has 6 heteroatoms. The predicted octanol–water partition coefficient (Wildman–Crippen LogP) is 2.52. The lowest BCUT2D eigenvalue weighted by molar-refractivity contribution is 0.0354. The van der Waals surface area contributed by atoms with Crippen LogP contribution in [0.2, 0.25) is 0 Å². The molecule has 100 valence electrons. The molecule has 3 N–H and O–H groups in total. The van der Waals surface area contributed by atoms with Gasteiger partial charge in [-0.05, 0) is 40.9 Å². The third-order valence-electron chi connectivity index (χ3n) is 2.88. The molecule has 1 heterocycles. The zero-order valence-electron chi connectivity index (χ0n) is 10.5. The van der Waals surface area contributed by atoms with Crippen molar-refractivity contribution in [1.82, 2.24) is 10.3 Å². The van der Waals surface area contributed by atoms with Gasteiger partial charge in [0.05, 0.1) is 17.5 Å². The van der Waals surface area contributed by atoms with Crippen molar-refractivity contribution in [2.45, 2.75) is 32.3 Å². The largest absolute Gasteiger partial charge is 0.388 e. The van der Waals surface area contributed by atoms with E-state index in [2.05, 4.69) is 31.5 Å². The van der Waals surface area contributed by atoms with Gasteiger partial charge in [0.1, 0.15) is 4.60 Å². The first-order chi connectivity index (χ1) is 8.49. The Morgan fingerprint density at radius 2 is 2.11 bits per heavy atom. The average molecular weight is 316 g/mol. The molecule has 0 radical (unpaired) electrons. The molecule has 5 nitrogen and oxygen atoms in total. The van der Waals surface area contributed by atoms with Crippen molar-refractivity contribution in [1.29, 1.82) is 0 Å². The van der Waals surface area contributed by atoms with Crippen LogP contribution in [0.15, 0.2) is 22.9 Å². The van der Waals surface area contributed by atoms with E-state index >= 15 is 0 Å². The Bertz CT molecular complexity index is 391. The van der Waals surface area contributed by atoms with Crippen molar-refractivity contribution in [3.8, 4) is 0 Å². The lowest BCUT2D eigenvalue weighted by atomic mass is 9.98. The molecule has 0 saturated carbocycles. The summed E-state index contributed by atoms with van der Waals surface area (Å²) in [5, 5.41) is 15.3. The van der Waals surface area contributed by atoms with Crippen LogP contribution >= 0.6 is 15.9 Å². The second-order valence-corrected chi connectivity index (χ2v) is 4.92. The monoisotopic (exact) mass is 315 g/mol. The molecule has 0 aliphatic heterocycles. The number of nitrogens with zero attached hydrogens (tertiary/aromatic N) is 1. The Hall–Kier alpha value is -1.14. The minimum absolute atomic E-state index is 0.232. The summed E-state index contributed by atoms with van der Waals surface area (Å²) < 4.78 is 0.708. The van der Waals surface area contributed by atoms with Gasteiger partial charge in [0, 0.05) is 6.54 Å². The van der Waals surface area contributed by atoms with E-state index in [1.165, 1.54) is 0 Å². The first-order valence-electron chi connectivity index (χ1n) is 5.88. The Kier molecular flexibility index (Phi) is 5.55. The fraction of sp³-hybridized carbons (Fsp3) is 0.500. The number of hydrogen-bond acceptors (Lipinski definition) is 3. The molecule has 2 amide bonds. The Balaban J connectivity index is 2.45. The van der Waals surface area contributed by atoms with Crippen LogP contribution in [-0.2, 0) is 0 Å². The molecule has 0 saturated heterocycles. The maximum atomic E-state index is 11.6. The third kappa shape index (κ3) is 4.62. The predicted molar refractivity (Wildman–Crippen MR) is 74.5 cm³/mol. The van der Waals surface area contributed by atoms with Crippen molar-refractivity contribution < 1.29 is 9.90 Å². The highest BCUT2D eigenvalue weighted by Crippen LogP contribution is 2.13. The average Bonchev–Trinajstić information content (AvgIpc) is 2.39. The number of aliphatic hydroxyl groups is 1. The number of amides is 2. The van der Waals surface area contributed by atoms with E-state index in [1.807, 2.05) is 13.8 Å². The van der Waals surface area contributed by atoms with E-state index in [-0.39, 0.29) is 12.6 Å². The standard InChI is InChI=1S/C12H18BrN3O2/c1-3-12(18,4-2)8-15-11(17)16-9-5-6-10(13)14-7-9/h5-7,18H,3-4,8H2,1-2H3,(H2,15,16,17). The number of aromatic nitrogens is 1. The number of halogens is 1. The second kappa shape index (κ2) is 6.70. The fourth-order valence-electron chi connectivity index (χ4n) is 1.37. The molecule has 0 unspecified atom stereocenters. The Labute approximate surface area is 115 Å². The summed E-state index contributed by atoms with van der Waals surface area (Å²) in [6, 6.07) is 3.13. The van der Waals surface area contributed by atoms with Gasteiger partial charge in [-0.3, -0.25) is 0 Å². The quantitative estimate of drug-likeness (QED) is 0.731. The molecular formula is C12H18BrN3O2. The molecule has 1 rings (SSSR count). The molecule has 0 aromatic carbocycles. The number of urea groups is 1. The van der Waals surface area contributed by atoms with Gasteiger partial charge in [-0.1, -0.05) is 13.8 Å². The number of rotatable bonds is 5. The van der Waals surface area contributed by atoms with Gasteiger partial charge in [0.15, 0.2) is 0 Å². The van der Waals surface area contributed by atoms with E-state index < -0.39 is 5.60 Å². The van der Waals surface area contributed by atoms with E-state index in [0.29, 0.717) is 23.1 Å². The normalized spacial score (nSPS) is 11.1. The molecule has 18 heavy (non-hydrogen) atoms. The minimum Gasteiger partial charge on any atom is -0.388 e. The maximum Gasteiger partial charge on any atom is 0.319 e. The molecule has 0 atom stereocenters. The number of pyridine rings is 1. The van der Waals surface area contributed by atoms with E-state index in [1.54, 1.807) is 18.3 Å². The summed E-state index contributed by atoms with van der Waals surface area (Å²) in [6.45, 7) is 4.01. The van der Waals surface area contributed by atoms with Gasteiger partial charge in [0.25, 0.3) is 0 Å². The van der Waals surface area contributed by atoms with Gasteiger partial charge in [-0.2, -0.15) is 0 Å². The van der Waals surface area contributed by atoms with Crippen molar-refractivity contribution in [2.24, 2.45) is 0 Å². The van der Waals surface area contributed by atoms with Crippen molar-refractivity contribution in [2.75, 3.05) is 11.9 Å². The zero-order chi connectivity index (χ0) is 13.6. The maximum absolute atomic E-state index is 11.6. The van der Waals surface area contributed by atoms with E-state index in [4.69, 9.17) is 0 Å². The third-order valence-corrected chi connectivity index (χ3v) is 3.35. The molecule has 1 aromatic rings. The first-order valence-corrected chi connectivity index (χ1v) is 6.67. The molecule has 0 aliphatic carbocycles. The molecule has 0 spiro atoms. The topological polar surface area (TPSA) is 74.2 Å². The number of carbonyl (C=O) groups excluding carboxylic acids is 1. The summed E-state index contributed by atoms with van der Waals surface area (Å²) in [4.78, 5) is 15.6. The first kappa shape index (κ1) is 14.9. The summed E-state index contributed by atoms with van der Waals surface area (Å²) in [6.07, 6.45) is 2.75. The Morgan fingerprint density at radius 3 is 2.61 bits per heavy atom. The summed E-state index contributed by atoms with van der Waals surface area (Å²) >= 11 is 3.21. The molecule has 1 aromatic heterocycles. The highest BCUT2D eigenvalue weighted by molar-refractivity contribution is 9.10. The molecular weight excluding hydrogens is 298 g/mol. The molecule has 0 aliphatic rings. The molecule has 0 fully saturated rings. The van der Waals surface area contributed by atoms with Crippen molar-refractivity contribution in [3.63, 3.8) is 0 Å². The number of hydrogen-bond donors (Lipinski definition) is 3. The van der Waals surface area contributed by atoms with E-state index in [9.17, 15) is 9.90 Å². The van der Waals surface area contributed by atoms with Gasteiger partial charge >= 0.3 is 6.03 Å². The Morgan fingerprint density at radius 1 is 1.44 bits per heavy atom. The number of nitrogens with one attached hydrogen (secondary N) is 2. The second-order valence-electron chi connectivity index (χ2n) is 4.11. The van der Waals surface area contributed by atoms with Gasteiger partial charge in [-0.25, -0.2) is 9.78 Å². The summed E-state index contributed by atoms with van der Waals surface area (Å²) in [7, 11) is 0. The lowest BCUT2D eigenvalue weighted by Gasteiger charge is -2.25. The van der Waals surface area contributed by atoms with Gasteiger partial charge < -0.3 is 15.7 Å². The van der Waals surface area contributed by atoms with Crippen molar-refractivity contribution >= 4 is 27.6 Å². The van der Waals surface area contributed by atoms with E-state index in [0.717, 1.165) is 0 Å². The number of anilines is 1.